The van der Waals surface area contributed by atoms with Gasteiger partial charge >= 0.3 is 12.2 Å². The smallest absolute Gasteiger partial charge is 0.416 e. The molecular formula is C17H17F3N2O2. The first-order valence-corrected chi connectivity index (χ1v) is 7.70. The average molecular weight is 338 g/mol. The van der Waals surface area contributed by atoms with Crippen molar-refractivity contribution >= 4 is 6.03 Å². The van der Waals surface area contributed by atoms with Gasteiger partial charge in [0.05, 0.1) is 17.9 Å². The predicted octanol–water partition coefficient (Wildman–Crippen LogP) is 4.18. The zero-order chi connectivity index (χ0) is 17.2. The second-order valence-corrected chi connectivity index (χ2v) is 5.78. The molecule has 0 spiro atoms. The van der Waals surface area contributed by atoms with Gasteiger partial charge in [-0.2, -0.15) is 13.2 Å². The van der Waals surface area contributed by atoms with Crippen molar-refractivity contribution in [1.82, 2.24) is 10.6 Å². The van der Waals surface area contributed by atoms with Gasteiger partial charge in [-0.3, -0.25) is 0 Å². The summed E-state index contributed by atoms with van der Waals surface area (Å²) in [4.78, 5) is 12.0. The van der Waals surface area contributed by atoms with Crippen molar-refractivity contribution < 1.29 is 22.4 Å². The Morgan fingerprint density at radius 3 is 2.67 bits per heavy atom. The van der Waals surface area contributed by atoms with Crippen molar-refractivity contribution in [3.63, 3.8) is 0 Å². The fourth-order valence-electron chi connectivity index (χ4n) is 2.83. The third-order valence-corrected chi connectivity index (χ3v) is 4.08. The van der Waals surface area contributed by atoms with Gasteiger partial charge in [-0.25, -0.2) is 4.79 Å². The Bertz CT molecular complexity index is 707. The number of hydrogen-bond acceptors (Lipinski definition) is 2. The number of benzene rings is 1. The molecule has 0 bridgehead atoms. The van der Waals surface area contributed by atoms with Crippen LogP contribution in [0.25, 0.3) is 0 Å². The van der Waals surface area contributed by atoms with Crippen molar-refractivity contribution in [1.29, 1.82) is 0 Å². The Morgan fingerprint density at radius 1 is 1.21 bits per heavy atom. The van der Waals surface area contributed by atoms with Crippen LogP contribution in [0.5, 0.6) is 0 Å². The fraction of sp³-hybridized carbons (Fsp3) is 0.353. The molecule has 1 aromatic carbocycles. The first kappa shape index (κ1) is 16.4. The maximum absolute atomic E-state index is 12.5. The Balaban J connectivity index is 1.53. The Labute approximate surface area is 137 Å². The molecule has 0 saturated heterocycles. The van der Waals surface area contributed by atoms with Crippen LogP contribution in [0.4, 0.5) is 18.0 Å². The van der Waals surface area contributed by atoms with E-state index < -0.39 is 11.7 Å². The number of amides is 2. The van der Waals surface area contributed by atoms with Crippen LogP contribution < -0.4 is 10.6 Å². The minimum Gasteiger partial charge on any atom is -0.467 e. The quantitative estimate of drug-likeness (QED) is 0.882. The largest absolute Gasteiger partial charge is 0.467 e. The van der Waals surface area contributed by atoms with Crippen LogP contribution in [-0.2, 0) is 19.1 Å². The normalized spacial score (nSPS) is 17.2. The van der Waals surface area contributed by atoms with E-state index in [1.807, 2.05) is 6.07 Å². The standard InChI is InChI=1S/C17H17F3N2O2/c18-17(19,20)13-6-4-11(5-7-13)10-21-16(23)22-14-3-1-2-12-8-9-24-15(12)14/h4-9,14H,1-3,10H2,(H2,21,22,23). The number of carbonyl (C=O) groups excluding carboxylic acids is 1. The van der Waals surface area contributed by atoms with Crippen molar-refractivity contribution in [2.45, 2.75) is 38.0 Å². The van der Waals surface area contributed by atoms with Gasteiger partial charge in [0.15, 0.2) is 0 Å². The monoisotopic (exact) mass is 338 g/mol. The van der Waals surface area contributed by atoms with E-state index in [1.165, 1.54) is 12.1 Å². The maximum atomic E-state index is 12.5. The molecule has 1 aromatic heterocycles. The maximum Gasteiger partial charge on any atom is 0.416 e. The summed E-state index contributed by atoms with van der Waals surface area (Å²) < 4.78 is 42.9. The lowest BCUT2D eigenvalue weighted by atomic mass is 9.94. The van der Waals surface area contributed by atoms with Gasteiger partial charge in [-0.15, -0.1) is 0 Å². The van der Waals surface area contributed by atoms with Crippen LogP contribution in [0.2, 0.25) is 0 Å². The molecule has 1 aliphatic rings. The first-order valence-electron chi connectivity index (χ1n) is 7.70. The molecule has 1 atom stereocenters. The van der Waals surface area contributed by atoms with Crippen LogP contribution in [0.3, 0.4) is 0 Å². The molecule has 0 fully saturated rings. The van der Waals surface area contributed by atoms with Gasteiger partial charge < -0.3 is 15.1 Å². The lowest BCUT2D eigenvalue weighted by Gasteiger charge is -2.22. The number of nitrogens with one attached hydrogen (secondary N) is 2. The Kier molecular flexibility index (Phi) is 4.51. The van der Waals surface area contributed by atoms with E-state index in [-0.39, 0.29) is 18.6 Å². The second kappa shape index (κ2) is 6.59. The molecule has 2 amide bonds. The Hall–Kier alpha value is -2.44. The van der Waals surface area contributed by atoms with Gasteiger partial charge in [-0.1, -0.05) is 12.1 Å². The highest BCUT2D eigenvalue weighted by Crippen LogP contribution is 2.30. The molecule has 1 aliphatic carbocycles. The summed E-state index contributed by atoms with van der Waals surface area (Å²) in [6.45, 7) is 0.154. The van der Waals surface area contributed by atoms with Crippen LogP contribution in [0.1, 0.15) is 41.3 Å². The summed E-state index contributed by atoms with van der Waals surface area (Å²) in [7, 11) is 0. The van der Waals surface area contributed by atoms with Crippen LogP contribution in [-0.4, -0.2) is 6.03 Å². The van der Waals surface area contributed by atoms with E-state index in [0.717, 1.165) is 42.7 Å². The van der Waals surface area contributed by atoms with Gasteiger partial charge in [-0.05, 0) is 48.6 Å². The predicted molar refractivity (Wildman–Crippen MR) is 81.2 cm³/mol. The van der Waals surface area contributed by atoms with Crippen LogP contribution >= 0.6 is 0 Å². The topological polar surface area (TPSA) is 54.3 Å². The van der Waals surface area contributed by atoms with Crippen LogP contribution in [0, 0.1) is 0 Å². The van der Waals surface area contributed by atoms with E-state index >= 15 is 0 Å². The number of rotatable bonds is 3. The summed E-state index contributed by atoms with van der Waals surface area (Å²) in [5, 5.41) is 5.50. The highest BCUT2D eigenvalue weighted by Gasteiger charge is 2.30. The number of furan rings is 1. The molecule has 24 heavy (non-hydrogen) atoms. The lowest BCUT2D eigenvalue weighted by molar-refractivity contribution is -0.137. The fourth-order valence-corrected chi connectivity index (χ4v) is 2.83. The summed E-state index contributed by atoms with van der Waals surface area (Å²) in [6.07, 6.45) is -0.0301. The number of hydrogen-bond donors (Lipinski definition) is 2. The SMILES string of the molecule is O=C(NCc1ccc(C(F)(F)F)cc1)NC1CCCc2ccoc21. The van der Waals surface area contributed by atoms with Crippen molar-refractivity contribution in [2.24, 2.45) is 0 Å². The van der Waals surface area contributed by atoms with E-state index in [9.17, 15) is 18.0 Å². The number of aryl methyl sites for hydroxylation is 1. The summed E-state index contributed by atoms with van der Waals surface area (Å²) >= 11 is 0. The zero-order valence-corrected chi connectivity index (χ0v) is 12.8. The number of urea groups is 1. The van der Waals surface area contributed by atoms with Gasteiger partial charge in [0.2, 0.25) is 0 Å². The van der Waals surface area contributed by atoms with Crippen molar-refractivity contribution in [3.05, 3.63) is 59.0 Å². The van der Waals surface area contributed by atoms with E-state index in [4.69, 9.17) is 4.42 Å². The average Bonchev–Trinajstić information content (AvgIpc) is 3.02. The molecule has 4 nitrogen and oxygen atoms in total. The molecule has 0 aliphatic heterocycles. The molecule has 1 unspecified atom stereocenters. The van der Waals surface area contributed by atoms with Crippen molar-refractivity contribution in [2.75, 3.05) is 0 Å². The van der Waals surface area contributed by atoms with E-state index in [2.05, 4.69) is 10.6 Å². The lowest BCUT2D eigenvalue weighted by Crippen LogP contribution is -2.38. The number of halogens is 3. The van der Waals surface area contributed by atoms with Crippen LogP contribution in [0.15, 0.2) is 41.0 Å². The van der Waals surface area contributed by atoms with Gasteiger partial charge in [0.25, 0.3) is 0 Å². The molecule has 3 rings (SSSR count). The molecule has 1 heterocycles. The molecule has 0 saturated carbocycles. The Morgan fingerprint density at radius 2 is 1.96 bits per heavy atom. The van der Waals surface area contributed by atoms with E-state index in [0.29, 0.717) is 5.56 Å². The van der Waals surface area contributed by atoms with E-state index in [1.54, 1.807) is 6.26 Å². The summed E-state index contributed by atoms with van der Waals surface area (Å²) in [5.74, 6) is 0.783. The van der Waals surface area contributed by atoms with Gasteiger partial charge in [0, 0.05) is 6.54 Å². The molecule has 0 radical (unpaired) electrons. The number of carbonyl (C=O) groups is 1. The van der Waals surface area contributed by atoms with Gasteiger partial charge in [0.1, 0.15) is 5.76 Å². The third-order valence-electron chi connectivity index (χ3n) is 4.08. The molecular weight excluding hydrogens is 321 g/mol. The summed E-state index contributed by atoms with van der Waals surface area (Å²) in [6, 6.07) is 6.09. The highest BCUT2D eigenvalue weighted by atomic mass is 19.4. The molecule has 128 valence electrons. The minimum atomic E-state index is -4.36. The zero-order valence-electron chi connectivity index (χ0n) is 12.8. The van der Waals surface area contributed by atoms with Crippen molar-refractivity contribution in [3.8, 4) is 0 Å². The minimum absolute atomic E-state index is 0.154. The number of alkyl halides is 3. The number of fused-ring (bicyclic) bond motifs is 1. The third kappa shape index (κ3) is 3.72. The molecule has 7 heteroatoms. The second-order valence-electron chi connectivity index (χ2n) is 5.78. The summed E-state index contributed by atoms with van der Waals surface area (Å²) in [5.41, 5.74) is 0.998. The molecule has 2 aromatic rings. The highest BCUT2D eigenvalue weighted by molar-refractivity contribution is 5.74. The molecule has 2 N–H and O–H groups in total. The first-order chi connectivity index (χ1) is 11.4.